The number of anilines is 1. The van der Waals surface area contributed by atoms with Gasteiger partial charge in [0.15, 0.2) is 0 Å². The van der Waals surface area contributed by atoms with Crippen molar-refractivity contribution in [2.75, 3.05) is 25.0 Å². The van der Waals surface area contributed by atoms with Crippen LogP contribution >= 0.6 is 0 Å². The van der Waals surface area contributed by atoms with Gasteiger partial charge in [0.2, 0.25) is 0 Å². The van der Waals surface area contributed by atoms with Crippen molar-refractivity contribution >= 4 is 11.8 Å². The van der Waals surface area contributed by atoms with Gasteiger partial charge in [-0.2, -0.15) is 0 Å². The van der Waals surface area contributed by atoms with Crippen LogP contribution < -0.4 is 5.32 Å². The molecule has 2 heterocycles. The number of likely N-dealkylation sites (tertiary alicyclic amines) is 1. The highest BCUT2D eigenvalue weighted by molar-refractivity contribution is 5.88. The van der Waals surface area contributed by atoms with Crippen LogP contribution in [-0.4, -0.2) is 41.7 Å². The van der Waals surface area contributed by atoms with E-state index in [0.29, 0.717) is 18.3 Å². The molecule has 0 aliphatic carbocycles. The molecular formula is C16H25N3O2. The lowest BCUT2D eigenvalue weighted by molar-refractivity contribution is 0.0440. The summed E-state index contributed by atoms with van der Waals surface area (Å²) < 4.78 is 5.80. The highest BCUT2D eigenvalue weighted by Gasteiger charge is 2.27. The van der Waals surface area contributed by atoms with Crippen molar-refractivity contribution in [3.05, 3.63) is 23.4 Å². The van der Waals surface area contributed by atoms with E-state index in [9.17, 15) is 4.79 Å². The molecule has 1 unspecified atom stereocenters. The Morgan fingerprint density at radius 2 is 2.24 bits per heavy atom. The number of urea groups is 1. The van der Waals surface area contributed by atoms with Gasteiger partial charge in [-0.1, -0.05) is 13.8 Å². The minimum atomic E-state index is -0.0943. The van der Waals surface area contributed by atoms with Crippen molar-refractivity contribution in [3.63, 3.8) is 0 Å². The normalized spacial score (nSPS) is 18.3. The number of aromatic nitrogens is 1. The van der Waals surface area contributed by atoms with Crippen LogP contribution in [0.2, 0.25) is 0 Å². The van der Waals surface area contributed by atoms with E-state index in [1.54, 1.807) is 4.90 Å². The molecule has 5 heteroatoms. The number of hydrogen-bond acceptors (Lipinski definition) is 3. The summed E-state index contributed by atoms with van der Waals surface area (Å²) in [5, 5.41) is 2.87. The Bertz CT molecular complexity index is 482. The SMILES string of the molecule is Cc1cc(C)nc(NC(=O)N2CCC(OCC(C)C)C2)c1. The summed E-state index contributed by atoms with van der Waals surface area (Å²) in [7, 11) is 0. The summed E-state index contributed by atoms with van der Waals surface area (Å²) in [5.41, 5.74) is 2.00. The van der Waals surface area contributed by atoms with Crippen molar-refractivity contribution < 1.29 is 9.53 Å². The van der Waals surface area contributed by atoms with Crippen LogP contribution in [-0.2, 0) is 4.74 Å². The predicted octanol–water partition coefficient (Wildman–Crippen LogP) is 2.98. The van der Waals surface area contributed by atoms with E-state index in [4.69, 9.17) is 4.74 Å². The molecule has 1 fully saturated rings. The Morgan fingerprint density at radius 3 is 2.90 bits per heavy atom. The van der Waals surface area contributed by atoms with E-state index < -0.39 is 0 Å². The van der Waals surface area contributed by atoms with Crippen LogP contribution in [0.15, 0.2) is 12.1 Å². The molecule has 0 aromatic carbocycles. The smallest absolute Gasteiger partial charge is 0.323 e. The van der Waals surface area contributed by atoms with Gasteiger partial charge in [-0.3, -0.25) is 5.32 Å². The van der Waals surface area contributed by atoms with Gasteiger partial charge in [-0.25, -0.2) is 9.78 Å². The van der Waals surface area contributed by atoms with E-state index in [1.165, 1.54) is 0 Å². The molecule has 5 nitrogen and oxygen atoms in total. The number of amides is 2. The number of nitrogens with zero attached hydrogens (tertiary/aromatic N) is 2. The van der Waals surface area contributed by atoms with Crippen LogP contribution in [0.3, 0.4) is 0 Å². The zero-order valence-corrected chi connectivity index (χ0v) is 13.3. The molecule has 0 bridgehead atoms. The lowest BCUT2D eigenvalue weighted by atomic mass is 10.2. The fourth-order valence-electron chi connectivity index (χ4n) is 2.47. The Labute approximate surface area is 126 Å². The van der Waals surface area contributed by atoms with E-state index in [2.05, 4.69) is 24.1 Å². The van der Waals surface area contributed by atoms with Gasteiger partial charge in [0.05, 0.1) is 6.10 Å². The van der Waals surface area contributed by atoms with Crippen molar-refractivity contribution in [3.8, 4) is 0 Å². The van der Waals surface area contributed by atoms with Crippen LogP contribution in [0.25, 0.3) is 0 Å². The van der Waals surface area contributed by atoms with Crippen LogP contribution in [0.4, 0.5) is 10.6 Å². The van der Waals surface area contributed by atoms with Crippen molar-refractivity contribution in [2.24, 2.45) is 5.92 Å². The van der Waals surface area contributed by atoms with Gasteiger partial charge in [-0.15, -0.1) is 0 Å². The molecule has 2 amide bonds. The number of rotatable bonds is 4. The first-order valence-corrected chi connectivity index (χ1v) is 7.57. The molecule has 1 aliphatic heterocycles. The number of nitrogens with one attached hydrogen (secondary N) is 1. The summed E-state index contributed by atoms with van der Waals surface area (Å²) in [6, 6.07) is 3.78. The van der Waals surface area contributed by atoms with E-state index >= 15 is 0 Å². The number of hydrogen-bond donors (Lipinski definition) is 1. The number of ether oxygens (including phenoxy) is 1. The average molecular weight is 291 g/mol. The number of carbonyl (C=O) groups excluding carboxylic acids is 1. The fraction of sp³-hybridized carbons (Fsp3) is 0.625. The van der Waals surface area contributed by atoms with Gasteiger partial charge in [-0.05, 0) is 43.9 Å². The molecule has 21 heavy (non-hydrogen) atoms. The zero-order valence-electron chi connectivity index (χ0n) is 13.3. The van der Waals surface area contributed by atoms with Gasteiger partial charge >= 0.3 is 6.03 Å². The maximum atomic E-state index is 12.2. The first-order valence-electron chi connectivity index (χ1n) is 7.57. The molecule has 2 rings (SSSR count). The molecule has 1 atom stereocenters. The van der Waals surface area contributed by atoms with Crippen molar-refractivity contribution in [1.82, 2.24) is 9.88 Å². The second kappa shape index (κ2) is 6.89. The summed E-state index contributed by atoms with van der Waals surface area (Å²) in [5.74, 6) is 1.14. The third-order valence-electron chi connectivity index (χ3n) is 3.43. The van der Waals surface area contributed by atoms with E-state index in [1.807, 2.05) is 26.0 Å². The standard InChI is InChI=1S/C16H25N3O2/c1-11(2)10-21-14-5-6-19(9-14)16(20)18-15-8-12(3)7-13(4)17-15/h7-8,11,14H,5-6,9-10H2,1-4H3,(H,17,18,20). The highest BCUT2D eigenvalue weighted by Crippen LogP contribution is 2.16. The maximum Gasteiger partial charge on any atom is 0.323 e. The molecule has 1 N–H and O–H groups in total. The van der Waals surface area contributed by atoms with Crippen LogP contribution in [0, 0.1) is 19.8 Å². The average Bonchev–Trinajstić information content (AvgIpc) is 2.83. The highest BCUT2D eigenvalue weighted by atomic mass is 16.5. The topological polar surface area (TPSA) is 54.5 Å². The first kappa shape index (κ1) is 15.8. The third-order valence-corrected chi connectivity index (χ3v) is 3.43. The molecule has 116 valence electrons. The summed E-state index contributed by atoms with van der Waals surface area (Å²) in [6.45, 7) is 10.3. The minimum absolute atomic E-state index is 0.0943. The predicted molar refractivity (Wildman–Crippen MR) is 83.5 cm³/mol. The molecular weight excluding hydrogens is 266 g/mol. The molecule has 0 saturated carbocycles. The fourth-order valence-corrected chi connectivity index (χ4v) is 2.47. The first-order chi connectivity index (χ1) is 9.94. The maximum absolute atomic E-state index is 12.2. The van der Waals surface area contributed by atoms with Crippen molar-refractivity contribution in [2.45, 2.75) is 40.2 Å². The summed E-state index contributed by atoms with van der Waals surface area (Å²) in [4.78, 5) is 18.4. The monoisotopic (exact) mass is 291 g/mol. The van der Waals surface area contributed by atoms with E-state index in [-0.39, 0.29) is 12.1 Å². The van der Waals surface area contributed by atoms with E-state index in [0.717, 1.165) is 30.8 Å². The lowest BCUT2D eigenvalue weighted by Crippen LogP contribution is -2.34. The van der Waals surface area contributed by atoms with Gasteiger partial charge < -0.3 is 9.64 Å². The summed E-state index contributed by atoms with van der Waals surface area (Å²) in [6.07, 6.45) is 1.06. The lowest BCUT2D eigenvalue weighted by Gasteiger charge is -2.18. The third kappa shape index (κ3) is 4.70. The van der Waals surface area contributed by atoms with Crippen LogP contribution in [0.5, 0.6) is 0 Å². The number of pyridine rings is 1. The molecule has 1 saturated heterocycles. The second-order valence-electron chi connectivity index (χ2n) is 6.19. The quantitative estimate of drug-likeness (QED) is 0.928. The Hall–Kier alpha value is -1.62. The largest absolute Gasteiger partial charge is 0.376 e. The Balaban J connectivity index is 1.87. The Morgan fingerprint density at radius 1 is 1.48 bits per heavy atom. The van der Waals surface area contributed by atoms with Gasteiger partial charge in [0, 0.05) is 25.4 Å². The summed E-state index contributed by atoms with van der Waals surface area (Å²) >= 11 is 0. The molecule has 1 aromatic heterocycles. The van der Waals surface area contributed by atoms with Crippen LogP contribution in [0.1, 0.15) is 31.5 Å². The number of aryl methyl sites for hydroxylation is 2. The zero-order chi connectivity index (χ0) is 15.4. The second-order valence-corrected chi connectivity index (χ2v) is 6.19. The van der Waals surface area contributed by atoms with Crippen molar-refractivity contribution in [1.29, 1.82) is 0 Å². The minimum Gasteiger partial charge on any atom is -0.376 e. The molecule has 1 aliphatic rings. The number of carbonyl (C=O) groups is 1. The molecule has 0 radical (unpaired) electrons. The molecule has 0 spiro atoms. The van der Waals surface area contributed by atoms with Gasteiger partial charge in [0.25, 0.3) is 0 Å². The molecule has 1 aromatic rings. The Kier molecular flexibility index (Phi) is 5.17. The van der Waals surface area contributed by atoms with Gasteiger partial charge in [0.1, 0.15) is 5.82 Å².